The Morgan fingerprint density at radius 3 is 1.58 bits per heavy atom. The Labute approximate surface area is 120 Å². The highest BCUT2D eigenvalue weighted by molar-refractivity contribution is 7.68. The van der Waals surface area contributed by atoms with Crippen molar-refractivity contribution in [2.45, 2.75) is 78.0 Å². The Balaban J connectivity index is 3.38. The molecule has 1 aromatic heterocycles. The van der Waals surface area contributed by atoms with Gasteiger partial charge in [-0.3, -0.25) is 0 Å². The molecule has 1 heterocycles. The first kappa shape index (κ1) is 16.7. The van der Waals surface area contributed by atoms with Gasteiger partial charge in [0.1, 0.15) is 5.57 Å². The third-order valence-corrected chi connectivity index (χ3v) is 6.66. The summed E-state index contributed by atoms with van der Waals surface area (Å²) >= 11 is 0. The molecule has 0 spiro atoms. The van der Waals surface area contributed by atoms with Crippen molar-refractivity contribution in [3.05, 3.63) is 11.9 Å². The van der Waals surface area contributed by atoms with E-state index in [9.17, 15) is 0 Å². The molecule has 0 aliphatic heterocycles. The molecule has 0 amide bonds. The number of hydrogen-bond donors (Lipinski definition) is 0. The maximum absolute atomic E-state index is 5.01. The average Bonchev–Trinajstić information content (AvgIpc) is 2.41. The first-order chi connectivity index (χ1) is 8.24. The SMILES string of the molecule is Cn1cc(C(C)(C)C)nc1P(C(C)(C)C)C(C)(C)C. The monoisotopic (exact) mass is 282 g/mol. The minimum Gasteiger partial charge on any atom is -0.334 e. The van der Waals surface area contributed by atoms with Crippen LogP contribution < -0.4 is 5.57 Å². The average molecular weight is 282 g/mol. The normalized spacial score (nSPS) is 14.3. The third-order valence-electron chi connectivity index (χ3n) is 3.16. The number of rotatable bonds is 1. The van der Waals surface area contributed by atoms with Gasteiger partial charge < -0.3 is 4.57 Å². The molecule has 3 heteroatoms. The zero-order valence-corrected chi connectivity index (χ0v) is 15.3. The predicted molar refractivity (Wildman–Crippen MR) is 88.0 cm³/mol. The van der Waals surface area contributed by atoms with Gasteiger partial charge in [-0.15, -0.1) is 0 Å². The molecule has 0 unspecified atom stereocenters. The lowest BCUT2D eigenvalue weighted by Crippen LogP contribution is -2.35. The zero-order chi connectivity index (χ0) is 15.2. The van der Waals surface area contributed by atoms with E-state index in [0.717, 1.165) is 0 Å². The van der Waals surface area contributed by atoms with Crippen LogP contribution in [-0.4, -0.2) is 19.9 Å². The van der Waals surface area contributed by atoms with Gasteiger partial charge in [0.15, 0.2) is 0 Å². The van der Waals surface area contributed by atoms with E-state index in [-0.39, 0.29) is 23.6 Å². The van der Waals surface area contributed by atoms with E-state index >= 15 is 0 Å². The summed E-state index contributed by atoms with van der Waals surface area (Å²) in [5.41, 5.74) is 2.60. The van der Waals surface area contributed by atoms with Crippen LogP contribution in [0.25, 0.3) is 0 Å². The lowest BCUT2D eigenvalue weighted by Gasteiger charge is -2.40. The molecule has 0 aromatic carbocycles. The molecular formula is C16H31N2P. The van der Waals surface area contributed by atoms with E-state index in [2.05, 4.69) is 80.1 Å². The van der Waals surface area contributed by atoms with Crippen molar-refractivity contribution in [3.63, 3.8) is 0 Å². The largest absolute Gasteiger partial charge is 0.334 e. The summed E-state index contributed by atoms with van der Waals surface area (Å²) in [7, 11) is 1.81. The molecule has 0 fully saturated rings. The van der Waals surface area contributed by atoms with Crippen LogP contribution in [0.5, 0.6) is 0 Å². The zero-order valence-electron chi connectivity index (χ0n) is 14.4. The standard InChI is InChI=1S/C16H31N2P/c1-14(2,3)12-11-18(10)13(17-12)19(15(4,5)6)16(7,8)9/h11H,1-10H3. The van der Waals surface area contributed by atoms with Crippen molar-refractivity contribution in [1.29, 1.82) is 0 Å². The molecule has 0 radical (unpaired) electrons. The quantitative estimate of drug-likeness (QED) is 0.697. The van der Waals surface area contributed by atoms with E-state index in [1.165, 1.54) is 11.3 Å². The summed E-state index contributed by atoms with van der Waals surface area (Å²) in [4.78, 5) is 5.01. The smallest absolute Gasteiger partial charge is 0.132 e. The highest BCUT2D eigenvalue weighted by Crippen LogP contribution is 2.57. The lowest BCUT2D eigenvalue weighted by atomic mass is 9.93. The van der Waals surface area contributed by atoms with Crippen molar-refractivity contribution in [3.8, 4) is 0 Å². The van der Waals surface area contributed by atoms with Crippen molar-refractivity contribution >= 4 is 13.5 Å². The summed E-state index contributed by atoms with van der Waals surface area (Å²) in [5.74, 6) is 0. The van der Waals surface area contributed by atoms with Gasteiger partial charge in [0, 0.05) is 18.7 Å². The van der Waals surface area contributed by atoms with Gasteiger partial charge in [0.25, 0.3) is 0 Å². The summed E-state index contributed by atoms with van der Waals surface area (Å²) in [5, 5.41) is 0.531. The molecule has 0 N–H and O–H groups in total. The number of aryl methyl sites for hydroxylation is 1. The Kier molecular flexibility index (Phi) is 4.29. The maximum atomic E-state index is 5.01. The van der Waals surface area contributed by atoms with Crippen LogP contribution >= 0.6 is 7.92 Å². The van der Waals surface area contributed by atoms with Crippen LogP contribution in [0.15, 0.2) is 6.20 Å². The highest BCUT2D eigenvalue weighted by atomic mass is 31.1. The molecule has 19 heavy (non-hydrogen) atoms. The summed E-state index contributed by atoms with van der Waals surface area (Å²) in [6, 6.07) is 0. The van der Waals surface area contributed by atoms with Gasteiger partial charge in [-0.25, -0.2) is 4.98 Å². The highest BCUT2D eigenvalue weighted by Gasteiger charge is 2.39. The Hall–Kier alpha value is -0.360. The molecule has 0 aliphatic rings. The van der Waals surface area contributed by atoms with Crippen LogP contribution in [0.4, 0.5) is 0 Å². The van der Waals surface area contributed by atoms with Crippen LogP contribution in [-0.2, 0) is 12.5 Å². The van der Waals surface area contributed by atoms with Gasteiger partial charge in [-0.2, -0.15) is 0 Å². The minimum absolute atomic E-state index is 0.118. The maximum Gasteiger partial charge on any atom is 0.132 e. The predicted octanol–water partition coefficient (Wildman–Crippen LogP) is 4.42. The van der Waals surface area contributed by atoms with E-state index in [4.69, 9.17) is 4.98 Å². The van der Waals surface area contributed by atoms with Crippen molar-refractivity contribution < 1.29 is 0 Å². The Morgan fingerprint density at radius 2 is 1.32 bits per heavy atom. The van der Waals surface area contributed by atoms with Crippen LogP contribution in [0, 0.1) is 0 Å². The molecule has 1 rings (SSSR count). The number of imidazole rings is 1. The summed E-state index contributed by atoms with van der Waals surface area (Å²) in [6.07, 6.45) is 2.21. The van der Waals surface area contributed by atoms with Crippen molar-refractivity contribution in [1.82, 2.24) is 9.55 Å². The van der Waals surface area contributed by atoms with E-state index in [1.807, 2.05) is 0 Å². The van der Waals surface area contributed by atoms with Crippen molar-refractivity contribution in [2.24, 2.45) is 7.05 Å². The molecule has 0 saturated heterocycles. The first-order valence-electron chi connectivity index (χ1n) is 7.09. The number of hydrogen-bond acceptors (Lipinski definition) is 1. The second-order valence-electron chi connectivity index (χ2n) is 8.46. The van der Waals surface area contributed by atoms with Crippen LogP contribution in [0.3, 0.4) is 0 Å². The molecule has 110 valence electrons. The van der Waals surface area contributed by atoms with E-state index in [0.29, 0.717) is 0 Å². The van der Waals surface area contributed by atoms with Gasteiger partial charge in [-0.05, 0) is 18.2 Å². The van der Waals surface area contributed by atoms with Crippen molar-refractivity contribution in [2.75, 3.05) is 0 Å². The topological polar surface area (TPSA) is 17.8 Å². The summed E-state index contributed by atoms with van der Waals surface area (Å²) in [6.45, 7) is 20.8. The molecule has 0 atom stereocenters. The molecule has 1 aromatic rings. The third kappa shape index (κ3) is 3.81. The second-order valence-corrected chi connectivity index (χ2v) is 12.2. The Bertz CT molecular complexity index is 425. The minimum atomic E-state index is -0.333. The number of aromatic nitrogens is 2. The number of nitrogens with zero attached hydrogens (tertiary/aromatic N) is 2. The first-order valence-corrected chi connectivity index (χ1v) is 8.43. The lowest BCUT2D eigenvalue weighted by molar-refractivity contribution is 0.572. The molecule has 0 aliphatic carbocycles. The van der Waals surface area contributed by atoms with Gasteiger partial charge in [0.2, 0.25) is 0 Å². The Morgan fingerprint density at radius 1 is 0.895 bits per heavy atom. The fourth-order valence-electron chi connectivity index (χ4n) is 2.63. The van der Waals surface area contributed by atoms with Crippen LogP contribution in [0.2, 0.25) is 0 Å². The van der Waals surface area contributed by atoms with Gasteiger partial charge in [0.05, 0.1) is 5.69 Å². The molecule has 0 saturated carbocycles. The van der Waals surface area contributed by atoms with E-state index in [1.54, 1.807) is 0 Å². The second kappa shape index (κ2) is 4.88. The molecule has 2 nitrogen and oxygen atoms in total. The fraction of sp³-hybridized carbons (Fsp3) is 0.812. The molecular weight excluding hydrogens is 251 g/mol. The fourth-order valence-corrected chi connectivity index (χ4v) is 6.43. The van der Waals surface area contributed by atoms with Gasteiger partial charge >= 0.3 is 0 Å². The van der Waals surface area contributed by atoms with Gasteiger partial charge in [-0.1, -0.05) is 62.3 Å². The molecule has 0 bridgehead atoms. The summed E-state index contributed by atoms with van der Waals surface area (Å²) < 4.78 is 2.25. The van der Waals surface area contributed by atoms with Crippen LogP contribution in [0.1, 0.15) is 68.0 Å². The van der Waals surface area contributed by atoms with E-state index < -0.39 is 0 Å².